The van der Waals surface area contributed by atoms with Crippen LogP contribution in [0.1, 0.15) is 19.8 Å². The van der Waals surface area contributed by atoms with E-state index in [1.54, 1.807) is 25.6 Å². The lowest BCUT2D eigenvalue weighted by atomic mass is 10.0. The Bertz CT molecular complexity index is 1780. The molecule has 1 fully saturated rings. The summed E-state index contributed by atoms with van der Waals surface area (Å²) in [5.41, 5.74) is 0.960. The average molecular weight is 574 g/mol. The van der Waals surface area contributed by atoms with E-state index in [4.69, 9.17) is 4.74 Å². The standard InChI is InChI=1S/C30H25F2N5O3S/c1-3-37-16-23(34-17-37)26-15-22-27(41-26)25(10-13-33-22)40-24-9-6-19(14-21(24)32)35-28(38)30(11-12-30)29(39)36(2)20-7-4-18(31)5-8-20/h4-10,13-17H,3,11-12H2,1-2H3,(H,35,38). The zero-order valence-corrected chi connectivity index (χ0v) is 23.0. The van der Waals surface area contributed by atoms with E-state index in [-0.39, 0.29) is 11.4 Å². The fourth-order valence-corrected chi connectivity index (χ4v) is 5.61. The van der Waals surface area contributed by atoms with E-state index in [0.717, 1.165) is 27.9 Å². The molecule has 0 spiro atoms. The summed E-state index contributed by atoms with van der Waals surface area (Å²) >= 11 is 1.45. The van der Waals surface area contributed by atoms with Gasteiger partial charge in [-0.15, -0.1) is 11.3 Å². The Labute approximate surface area is 238 Å². The predicted molar refractivity (Wildman–Crippen MR) is 153 cm³/mol. The molecule has 0 radical (unpaired) electrons. The van der Waals surface area contributed by atoms with Gasteiger partial charge in [0.1, 0.15) is 17.0 Å². The second-order valence-corrected chi connectivity index (χ2v) is 10.9. The summed E-state index contributed by atoms with van der Waals surface area (Å²) in [5.74, 6) is -1.59. The predicted octanol–water partition coefficient (Wildman–Crippen LogP) is 6.63. The molecule has 208 valence electrons. The molecule has 11 heteroatoms. The van der Waals surface area contributed by atoms with Crippen LogP contribution in [0.25, 0.3) is 20.8 Å². The first kappa shape index (κ1) is 26.6. The van der Waals surface area contributed by atoms with Gasteiger partial charge in [-0.05, 0) is 62.2 Å². The van der Waals surface area contributed by atoms with Gasteiger partial charge in [0.05, 0.1) is 27.1 Å². The molecule has 2 amide bonds. The van der Waals surface area contributed by atoms with E-state index >= 15 is 4.39 Å². The van der Waals surface area contributed by atoms with E-state index in [1.165, 1.54) is 52.6 Å². The second-order valence-electron chi connectivity index (χ2n) is 9.85. The first-order valence-electron chi connectivity index (χ1n) is 13.0. The maximum Gasteiger partial charge on any atom is 0.242 e. The third-order valence-electron chi connectivity index (χ3n) is 7.15. The molecule has 0 aliphatic heterocycles. The highest BCUT2D eigenvalue weighted by Crippen LogP contribution is 2.48. The van der Waals surface area contributed by atoms with Crippen LogP contribution in [0, 0.1) is 17.0 Å². The van der Waals surface area contributed by atoms with Crippen molar-refractivity contribution in [1.29, 1.82) is 0 Å². The highest BCUT2D eigenvalue weighted by Gasteiger charge is 2.57. The minimum absolute atomic E-state index is 0.0195. The van der Waals surface area contributed by atoms with E-state index in [1.807, 2.05) is 23.8 Å². The Morgan fingerprint density at radius 1 is 1.07 bits per heavy atom. The van der Waals surface area contributed by atoms with Crippen molar-refractivity contribution in [3.63, 3.8) is 0 Å². The smallest absolute Gasteiger partial charge is 0.242 e. The number of hydrogen-bond donors (Lipinski definition) is 1. The summed E-state index contributed by atoms with van der Waals surface area (Å²) in [5, 5.41) is 2.67. The fourth-order valence-electron chi connectivity index (χ4n) is 4.58. The molecule has 1 aliphatic carbocycles. The number of halogens is 2. The number of nitrogens with zero attached hydrogens (tertiary/aromatic N) is 4. The number of anilines is 2. The van der Waals surface area contributed by atoms with Crippen LogP contribution in [0.15, 0.2) is 73.3 Å². The van der Waals surface area contributed by atoms with Crippen LogP contribution >= 0.6 is 11.3 Å². The molecule has 3 heterocycles. The molecule has 41 heavy (non-hydrogen) atoms. The van der Waals surface area contributed by atoms with Crippen molar-refractivity contribution in [3.8, 4) is 22.1 Å². The van der Waals surface area contributed by atoms with Crippen molar-refractivity contribution in [2.45, 2.75) is 26.3 Å². The Kier molecular flexibility index (Phi) is 6.74. The molecule has 2 aromatic carbocycles. The van der Waals surface area contributed by atoms with Crippen LogP contribution in [0.2, 0.25) is 0 Å². The molecule has 5 aromatic rings. The van der Waals surface area contributed by atoms with E-state index in [2.05, 4.69) is 15.3 Å². The molecular formula is C30H25F2N5O3S. The number of carbonyl (C=O) groups is 2. The number of rotatable bonds is 8. The summed E-state index contributed by atoms with van der Waals surface area (Å²) in [6, 6.07) is 13.2. The molecular weight excluding hydrogens is 548 g/mol. The Hall–Kier alpha value is -4.64. The number of hydrogen-bond acceptors (Lipinski definition) is 6. The molecule has 8 nitrogen and oxygen atoms in total. The maximum absolute atomic E-state index is 15.1. The zero-order valence-electron chi connectivity index (χ0n) is 22.2. The fraction of sp³-hybridized carbons (Fsp3) is 0.200. The summed E-state index contributed by atoms with van der Waals surface area (Å²) in [4.78, 5) is 37.4. The Morgan fingerprint density at radius 2 is 1.85 bits per heavy atom. The van der Waals surface area contributed by atoms with Crippen molar-refractivity contribution < 1.29 is 23.1 Å². The molecule has 0 saturated heterocycles. The number of amides is 2. The monoisotopic (exact) mass is 573 g/mol. The number of imidazole rings is 1. The van der Waals surface area contributed by atoms with Crippen LogP contribution in [0.4, 0.5) is 20.2 Å². The molecule has 6 rings (SSSR count). The van der Waals surface area contributed by atoms with Gasteiger partial charge in [-0.2, -0.15) is 0 Å². The van der Waals surface area contributed by atoms with Gasteiger partial charge in [0, 0.05) is 49.5 Å². The maximum atomic E-state index is 15.1. The van der Waals surface area contributed by atoms with Crippen LogP contribution < -0.4 is 15.0 Å². The van der Waals surface area contributed by atoms with Crippen molar-refractivity contribution in [2.24, 2.45) is 5.41 Å². The largest absolute Gasteiger partial charge is 0.453 e. The first-order chi connectivity index (χ1) is 19.8. The van der Waals surface area contributed by atoms with Gasteiger partial charge in [-0.25, -0.2) is 13.8 Å². The molecule has 0 bridgehead atoms. The number of pyridine rings is 1. The first-order valence-corrected chi connectivity index (χ1v) is 13.8. The van der Waals surface area contributed by atoms with E-state index in [0.29, 0.717) is 29.8 Å². The van der Waals surface area contributed by atoms with Gasteiger partial charge in [-0.1, -0.05) is 0 Å². The number of nitrogens with one attached hydrogen (secondary N) is 1. The average Bonchev–Trinajstić information content (AvgIpc) is 3.43. The van der Waals surface area contributed by atoms with Crippen LogP contribution in [-0.2, 0) is 16.1 Å². The van der Waals surface area contributed by atoms with Crippen molar-refractivity contribution in [3.05, 3.63) is 85.0 Å². The molecule has 1 aliphatic rings. The second kappa shape index (κ2) is 10.4. The van der Waals surface area contributed by atoms with Crippen molar-refractivity contribution in [2.75, 3.05) is 17.3 Å². The molecule has 0 unspecified atom stereocenters. The van der Waals surface area contributed by atoms with E-state index < -0.39 is 28.9 Å². The lowest BCUT2D eigenvalue weighted by Crippen LogP contribution is -2.41. The third-order valence-corrected chi connectivity index (χ3v) is 8.31. The number of aromatic nitrogens is 3. The quantitative estimate of drug-likeness (QED) is 0.211. The van der Waals surface area contributed by atoms with Crippen molar-refractivity contribution in [1.82, 2.24) is 14.5 Å². The summed E-state index contributed by atoms with van der Waals surface area (Å²) in [6.07, 6.45) is 6.06. The van der Waals surface area contributed by atoms with Gasteiger partial charge < -0.3 is 19.5 Å². The third kappa shape index (κ3) is 5.04. The van der Waals surface area contributed by atoms with Gasteiger partial charge in [0.2, 0.25) is 11.8 Å². The number of carbonyl (C=O) groups excluding carboxylic acids is 2. The number of benzene rings is 2. The lowest BCUT2D eigenvalue weighted by Gasteiger charge is -2.23. The minimum atomic E-state index is -1.25. The summed E-state index contributed by atoms with van der Waals surface area (Å²) < 4.78 is 37.1. The highest BCUT2D eigenvalue weighted by molar-refractivity contribution is 7.22. The molecule has 1 saturated carbocycles. The normalized spacial score (nSPS) is 13.7. The number of aryl methyl sites for hydroxylation is 1. The number of fused-ring (bicyclic) bond motifs is 1. The van der Waals surface area contributed by atoms with Crippen molar-refractivity contribution >= 4 is 44.7 Å². The van der Waals surface area contributed by atoms with Gasteiger partial charge in [0.15, 0.2) is 11.6 Å². The molecule has 3 aromatic heterocycles. The highest BCUT2D eigenvalue weighted by atomic mass is 32.1. The SMILES string of the molecule is CCn1cnc(-c2cc3nccc(Oc4ccc(NC(=O)C5(C(=O)N(C)c6ccc(F)cc6)CC5)cc4F)c3s2)c1. The topological polar surface area (TPSA) is 89.3 Å². The van der Waals surface area contributed by atoms with Crippen LogP contribution in [-0.4, -0.2) is 33.4 Å². The van der Waals surface area contributed by atoms with Crippen LogP contribution in [0.5, 0.6) is 11.5 Å². The van der Waals surface area contributed by atoms with Crippen LogP contribution in [0.3, 0.4) is 0 Å². The van der Waals surface area contributed by atoms with Gasteiger partial charge in [0.25, 0.3) is 0 Å². The van der Waals surface area contributed by atoms with E-state index in [9.17, 15) is 14.0 Å². The Morgan fingerprint density at radius 3 is 2.54 bits per heavy atom. The van der Waals surface area contributed by atoms with Gasteiger partial charge in [-0.3, -0.25) is 14.6 Å². The molecule has 0 atom stereocenters. The summed E-state index contributed by atoms with van der Waals surface area (Å²) in [7, 11) is 1.54. The van der Waals surface area contributed by atoms with Gasteiger partial charge >= 0.3 is 0 Å². The zero-order chi connectivity index (χ0) is 28.7. The minimum Gasteiger partial charge on any atom is -0.453 e. The Balaban J connectivity index is 1.17. The molecule has 1 N–H and O–H groups in total. The summed E-state index contributed by atoms with van der Waals surface area (Å²) in [6.45, 7) is 2.85. The number of ether oxygens (including phenoxy) is 1. The number of thiophene rings is 1. The lowest BCUT2D eigenvalue weighted by molar-refractivity contribution is -0.132.